The Balaban J connectivity index is 1.45. The predicted molar refractivity (Wildman–Crippen MR) is 113 cm³/mol. The molecule has 2 aromatic rings. The molecule has 2 heterocycles. The van der Waals surface area contributed by atoms with Crippen LogP contribution in [0.25, 0.3) is 0 Å². The van der Waals surface area contributed by atoms with Crippen LogP contribution < -0.4 is 15.4 Å². The summed E-state index contributed by atoms with van der Waals surface area (Å²) >= 11 is 0. The first kappa shape index (κ1) is 23.8. The van der Waals surface area contributed by atoms with Gasteiger partial charge in [-0.15, -0.1) is 0 Å². The van der Waals surface area contributed by atoms with E-state index in [0.717, 1.165) is 24.3 Å². The van der Waals surface area contributed by atoms with Crippen LogP contribution in [-0.4, -0.2) is 36.5 Å². The molecule has 2 N–H and O–H groups in total. The van der Waals surface area contributed by atoms with Gasteiger partial charge in [0.25, 0.3) is 0 Å². The number of rotatable bonds is 1. The number of hydrogen-bond acceptors (Lipinski definition) is 3. The molecule has 34 heavy (non-hydrogen) atoms. The number of carbonyl (C=O) groups is 2. The van der Waals surface area contributed by atoms with Crippen LogP contribution in [0.4, 0.5) is 38.1 Å². The summed E-state index contributed by atoms with van der Waals surface area (Å²) in [5.41, 5.74) is -1.06. The van der Waals surface area contributed by atoms with Crippen molar-refractivity contribution in [1.82, 2.24) is 4.90 Å². The van der Waals surface area contributed by atoms with Crippen molar-refractivity contribution in [2.24, 2.45) is 11.8 Å². The molecule has 11 heteroatoms. The number of halogens is 5. The van der Waals surface area contributed by atoms with Crippen molar-refractivity contribution in [3.63, 3.8) is 0 Å². The van der Waals surface area contributed by atoms with E-state index in [-0.39, 0.29) is 48.5 Å². The smallest absolute Gasteiger partial charge is 0.416 e. The number of benzene rings is 2. The zero-order valence-corrected chi connectivity index (χ0v) is 17.9. The van der Waals surface area contributed by atoms with Crippen molar-refractivity contribution in [2.75, 3.05) is 30.3 Å². The number of hydrogen-bond donors (Lipinski definition) is 2. The van der Waals surface area contributed by atoms with E-state index in [9.17, 15) is 31.5 Å². The Bertz CT molecular complexity index is 1090. The SMILES string of the molecule is O=C1C[C@@H]2CCN(C(=O)Nc3ccc(F)cc3F)C[C@@H]2CCOc2ccc(C(F)(F)F)cc2N1. The first-order chi connectivity index (χ1) is 16.1. The van der Waals surface area contributed by atoms with Gasteiger partial charge in [0.1, 0.15) is 17.4 Å². The van der Waals surface area contributed by atoms with E-state index in [1.165, 1.54) is 11.0 Å². The largest absolute Gasteiger partial charge is 0.491 e. The van der Waals surface area contributed by atoms with E-state index in [2.05, 4.69) is 10.6 Å². The summed E-state index contributed by atoms with van der Waals surface area (Å²) in [6.45, 7) is 0.770. The highest BCUT2D eigenvalue weighted by Crippen LogP contribution is 2.37. The van der Waals surface area contributed by atoms with Crippen molar-refractivity contribution < 1.29 is 36.3 Å². The molecule has 182 valence electrons. The Kier molecular flexibility index (Phi) is 6.63. The van der Waals surface area contributed by atoms with E-state index in [4.69, 9.17) is 4.74 Å². The summed E-state index contributed by atoms with van der Waals surface area (Å²) in [5, 5.41) is 4.96. The third-order valence-corrected chi connectivity index (χ3v) is 6.13. The van der Waals surface area contributed by atoms with Crippen molar-refractivity contribution in [1.29, 1.82) is 0 Å². The number of nitrogens with one attached hydrogen (secondary N) is 2. The quantitative estimate of drug-likeness (QED) is 0.544. The van der Waals surface area contributed by atoms with Gasteiger partial charge in [0.15, 0.2) is 0 Å². The minimum Gasteiger partial charge on any atom is -0.491 e. The van der Waals surface area contributed by atoms with Crippen LogP contribution in [0.2, 0.25) is 0 Å². The van der Waals surface area contributed by atoms with Crippen LogP contribution in [0.5, 0.6) is 5.75 Å². The Hall–Kier alpha value is -3.37. The second-order valence-corrected chi connectivity index (χ2v) is 8.41. The first-order valence-corrected chi connectivity index (χ1v) is 10.7. The molecule has 3 amide bonds. The number of anilines is 2. The number of fused-ring (bicyclic) bond motifs is 2. The summed E-state index contributed by atoms with van der Waals surface area (Å²) in [4.78, 5) is 26.7. The molecule has 0 saturated carbocycles. The van der Waals surface area contributed by atoms with Crippen LogP contribution in [0.15, 0.2) is 36.4 Å². The van der Waals surface area contributed by atoms with Gasteiger partial charge in [-0.1, -0.05) is 0 Å². The Morgan fingerprint density at radius 2 is 1.88 bits per heavy atom. The third kappa shape index (κ3) is 5.40. The Labute approximate surface area is 192 Å². The molecule has 0 spiro atoms. The van der Waals surface area contributed by atoms with Gasteiger partial charge in [0, 0.05) is 25.6 Å². The monoisotopic (exact) mass is 483 g/mol. The number of nitrogens with zero attached hydrogens (tertiary/aromatic N) is 1. The topological polar surface area (TPSA) is 70.7 Å². The molecule has 2 atom stereocenters. The first-order valence-electron chi connectivity index (χ1n) is 10.7. The lowest BCUT2D eigenvalue weighted by molar-refractivity contribution is -0.137. The van der Waals surface area contributed by atoms with Crippen molar-refractivity contribution in [3.05, 3.63) is 53.6 Å². The van der Waals surface area contributed by atoms with Gasteiger partial charge < -0.3 is 20.3 Å². The molecule has 1 saturated heterocycles. The molecule has 1 fully saturated rings. The number of likely N-dealkylation sites (tertiary alicyclic amines) is 1. The van der Waals surface area contributed by atoms with E-state index in [1.807, 2.05) is 0 Å². The van der Waals surface area contributed by atoms with Crippen LogP contribution in [0.1, 0.15) is 24.8 Å². The second-order valence-electron chi connectivity index (χ2n) is 8.41. The maximum absolute atomic E-state index is 13.9. The van der Waals surface area contributed by atoms with Gasteiger partial charge in [-0.2, -0.15) is 13.2 Å². The lowest BCUT2D eigenvalue weighted by Gasteiger charge is -2.39. The molecule has 6 nitrogen and oxygen atoms in total. The maximum atomic E-state index is 13.9. The van der Waals surface area contributed by atoms with Gasteiger partial charge in [0.2, 0.25) is 5.91 Å². The van der Waals surface area contributed by atoms with Crippen molar-refractivity contribution in [2.45, 2.75) is 25.4 Å². The fourth-order valence-corrected chi connectivity index (χ4v) is 4.34. The van der Waals surface area contributed by atoms with E-state index >= 15 is 0 Å². The molecule has 0 unspecified atom stereocenters. The normalized spacial score (nSPS) is 21.0. The fourth-order valence-electron chi connectivity index (χ4n) is 4.34. The molecule has 2 aliphatic rings. The van der Waals surface area contributed by atoms with E-state index in [0.29, 0.717) is 25.5 Å². The molecule has 0 radical (unpaired) electrons. The van der Waals surface area contributed by atoms with Gasteiger partial charge in [-0.05, 0) is 55.0 Å². The lowest BCUT2D eigenvalue weighted by atomic mass is 9.81. The third-order valence-electron chi connectivity index (χ3n) is 6.13. The fraction of sp³-hybridized carbons (Fsp3) is 0.391. The number of ether oxygens (including phenoxy) is 1. The van der Waals surface area contributed by atoms with Gasteiger partial charge >= 0.3 is 12.2 Å². The van der Waals surface area contributed by atoms with Crippen LogP contribution in [-0.2, 0) is 11.0 Å². The number of amides is 3. The number of alkyl halides is 3. The highest BCUT2D eigenvalue weighted by molar-refractivity contribution is 5.93. The van der Waals surface area contributed by atoms with Crippen LogP contribution in [0.3, 0.4) is 0 Å². The maximum Gasteiger partial charge on any atom is 0.416 e. The molecule has 2 aliphatic heterocycles. The molecule has 4 rings (SSSR count). The highest BCUT2D eigenvalue weighted by Gasteiger charge is 2.35. The van der Waals surface area contributed by atoms with Crippen molar-refractivity contribution in [3.8, 4) is 5.75 Å². The Morgan fingerprint density at radius 3 is 2.62 bits per heavy atom. The van der Waals surface area contributed by atoms with E-state index in [1.54, 1.807) is 0 Å². The summed E-state index contributed by atoms with van der Waals surface area (Å²) in [7, 11) is 0. The minimum atomic E-state index is -4.55. The molecule has 0 aliphatic carbocycles. The summed E-state index contributed by atoms with van der Waals surface area (Å²) in [6.07, 6.45) is -3.52. The molecule has 0 bridgehead atoms. The predicted octanol–water partition coefficient (Wildman–Crippen LogP) is 5.26. The Morgan fingerprint density at radius 1 is 1.09 bits per heavy atom. The van der Waals surface area contributed by atoms with Gasteiger partial charge in [0.05, 0.1) is 23.5 Å². The van der Waals surface area contributed by atoms with Gasteiger partial charge in [-0.3, -0.25) is 4.79 Å². The molecular formula is C23H22F5N3O3. The van der Waals surface area contributed by atoms with E-state index < -0.39 is 35.3 Å². The van der Waals surface area contributed by atoms with Crippen LogP contribution in [0, 0.1) is 23.5 Å². The zero-order valence-electron chi connectivity index (χ0n) is 17.9. The summed E-state index contributed by atoms with van der Waals surface area (Å²) in [5.74, 6) is -2.17. The summed E-state index contributed by atoms with van der Waals surface area (Å²) in [6, 6.07) is 5.23. The average Bonchev–Trinajstić information content (AvgIpc) is 2.76. The average molecular weight is 483 g/mol. The second kappa shape index (κ2) is 9.47. The number of urea groups is 1. The minimum absolute atomic E-state index is 0.0311. The van der Waals surface area contributed by atoms with Crippen LogP contribution >= 0.6 is 0 Å². The number of carbonyl (C=O) groups excluding carboxylic acids is 2. The zero-order chi connectivity index (χ0) is 24.5. The lowest BCUT2D eigenvalue weighted by Crippen LogP contribution is -2.46. The summed E-state index contributed by atoms with van der Waals surface area (Å²) < 4.78 is 71.8. The number of piperidine rings is 1. The van der Waals surface area contributed by atoms with Crippen molar-refractivity contribution >= 4 is 23.3 Å². The molecular weight excluding hydrogens is 461 g/mol. The molecule has 2 aromatic carbocycles. The van der Waals surface area contributed by atoms with Gasteiger partial charge in [-0.25, -0.2) is 13.6 Å². The standard InChI is InChI=1S/C23H22F5N3O3/c24-16-2-3-18(17(25)11-16)30-22(33)31-7-5-13-9-21(32)29-19-10-15(23(26,27)28)1-4-20(19)34-8-6-14(13)12-31/h1-4,10-11,13-14H,5-9,12H2,(H,29,32)(H,30,33)/t13-,14-/m0/s1. The highest BCUT2D eigenvalue weighted by atomic mass is 19.4. The molecule has 0 aromatic heterocycles.